The fourth-order valence-electron chi connectivity index (χ4n) is 1.44. The quantitative estimate of drug-likeness (QED) is 0.866. The summed E-state index contributed by atoms with van der Waals surface area (Å²) in [6.45, 7) is 3.65. The standard InChI is InChI=1S/C14H17ClN2O2/c1-9(2)7-13(18)16-12-8-10(5-6-11(12)15)14(19)17(3)4/h5-8H,1-4H3,(H,16,18). The van der Waals surface area contributed by atoms with Crippen LogP contribution in [0.25, 0.3) is 0 Å². The van der Waals surface area contributed by atoms with Gasteiger partial charge in [-0.1, -0.05) is 17.2 Å². The molecule has 0 heterocycles. The van der Waals surface area contributed by atoms with Crippen LogP contribution in [0.3, 0.4) is 0 Å². The topological polar surface area (TPSA) is 49.4 Å². The number of carbonyl (C=O) groups excluding carboxylic acids is 2. The zero-order chi connectivity index (χ0) is 14.6. The fraction of sp³-hybridized carbons (Fsp3) is 0.286. The number of benzene rings is 1. The molecule has 0 atom stereocenters. The van der Waals surface area contributed by atoms with E-state index in [1.54, 1.807) is 32.3 Å². The first-order chi connectivity index (χ1) is 8.81. The Balaban J connectivity index is 3.01. The molecular weight excluding hydrogens is 264 g/mol. The van der Waals surface area contributed by atoms with Gasteiger partial charge in [-0.05, 0) is 32.0 Å². The summed E-state index contributed by atoms with van der Waals surface area (Å²) < 4.78 is 0. The van der Waals surface area contributed by atoms with Gasteiger partial charge in [0, 0.05) is 25.7 Å². The number of carbonyl (C=O) groups is 2. The number of hydrogen-bond donors (Lipinski definition) is 1. The van der Waals surface area contributed by atoms with Gasteiger partial charge in [-0.3, -0.25) is 9.59 Å². The first-order valence-corrected chi connectivity index (χ1v) is 6.16. The van der Waals surface area contributed by atoms with Crippen LogP contribution < -0.4 is 5.32 Å². The molecule has 0 aliphatic heterocycles. The molecule has 0 saturated carbocycles. The van der Waals surface area contributed by atoms with Gasteiger partial charge in [0.1, 0.15) is 0 Å². The monoisotopic (exact) mass is 280 g/mol. The lowest BCUT2D eigenvalue weighted by atomic mass is 10.1. The zero-order valence-electron chi connectivity index (χ0n) is 11.5. The summed E-state index contributed by atoms with van der Waals surface area (Å²) in [6.07, 6.45) is 1.47. The number of nitrogens with zero attached hydrogens (tertiary/aromatic N) is 1. The molecule has 0 bridgehead atoms. The summed E-state index contributed by atoms with van der Waals surface area (Å²) in [5.41, 5.74) is 1.79. The zero-order valence-corrected chi connectivity index (χ0v) is 12.2. The summed E-state index contributed by atoms with van der Waals surface area (Å²) in [5.74, 6) is -0.411. The Morgan fingerprint density at radius 2 is 1.89 bits per heavy atom. The van der Waals surface area contributed by atoms with Crippen LogP contribution in [0, 0.1) is 0 Å². The highest BCUT2D eigenvalue weighted by Gasteiger charge is 2.11. The highest BCUT2D eigenvalue weighted by molar-refractivity contribution is 6.34. The van der Waals surface area contributed by atoms with Gasteiger partial charge < -0.3 is 10.2 Å². The lowest BCUT2D eigenvalue weighted by molar-refractivity contribution is -0.111. The molecule has 4 nitrogen and oxygen atoms in total. The minimum Gasteiger partial charge on any atom is -0.345 e. The lowest BCUT2D eigenvalue weighted by Gasteiger charge is -2.12. The Labute approximate surface area is 118 Å². The molecule has 1 rings (SSSR count). The maximum absolute atomic E-state index is 11.8. The Bertz CT molecular complexity index is 532. The van der Waals surface area contributed by atoms with Crippen molar-refractivity contribution in [3.63, 3.8) is 0 Å². The molecule has 0 fully saturated rings. The number of rotatable bonds is 3. The Hall–Kier alpha value is -1.81. The van der Waals surface area contributed by atoms with Gasteiger partial charge in [-0.2, -0.15) is 0 Å². The summed E-state index contributed by atoms with van der Waals surface area (Å²) in [6, 6.07) is 4.79. The summed E-state index contributed by atoms with van der Waals surface area (Å²) >= 11 is 6.00. The van der Waals surface area contributed by atoms with Crippen molar-refractivity contribution in [3.8, 4) is 0 Å². The number of hydrogen-bond acceptors (Lipinski definition) is 2. The van der Waals surface area contributed by atoms with E-state index in [1.165, 1.54) is 11.0 Å². The summed E-state index contributed by atoms with van der Waals surface area (Å²) in [5, 5.41) is 3.05. The van der Waals surface area contributed by atoms with Crippen molar-refractivity contribution >= 4 is 29.1 Å². The first kappa shape index (κ1) is 15.2. The van der Waals surface area contributed by atoms with Gasteiger partial charge in [0.25, 0.3) is 5.91 Å². The fourth-order valence-corrected chi connectivity index (χ4v) is 1.61. The van der Waals surface area contributed by atoms with Crippen molar-refractivity contribution < 1.29 is 9.59 Å². The molecular formula is C14H17ClN2O2. The van der Waals surface area contributed by atoms with Crippen LogP contribution in [0.2, 0.25) is 5.02 Å². The smallest absolute Gasteiger partial charge is 0.253 e. The van der Waals surface area contributed by atoms with Crippen LogP contribution >= 0.6 is 11.6 Å². The van der Waals surface area contributed by atoms with Gasteiger partial charge in [-0.25, -0.2) is 0 Å². The van der Waals surface area contributed by atoms with Crippen molar-refractivity contribution in [2.24, 2.45) is 0 Å². The molecule has 1 aromatic rings. The second-order valence-corrected chi connectivity index (χ2v) is 5.01. The lowest BCUT2D eigenvalue weighted by Crippen LogP contribution is -2.21. The number of halogens is 1. The van der Waals surface area contributed by atoms with E-state index in [0.29, 0.717) is 16.3 Å². The predicted molar refractivity (Wildman–Crippen MR) is 77.5 cm³/mol. The highest BCUT2D eigenvalue weighted by atomic mass is 35.5. The van der Waals surface area contributed by atoms with Crippen LogP contribution in [0.1, 0.15) is 24.2 Å². The van der Waals surface area contributed by atoms with Crippen LogP contribution in [0.15, 0.2) is 29.8 Å². The molecule has 0 unspecified atom stereocenters. The molecule has 0 spiro atoms. The first-order valence-electron chi connectivity index (χ1n) is 5.78. The average molecular weight is 281 g/mol. The molecule has 19 heavy (non-hydrogen) atoms. The van der Waals surface area contributed by atoms with Crippen LogP contribution in [0.5, 0.6) is 0 Å². The third-order valence-corrected chi connectivity index (χ3v) is 2.63. The number of allylic oxidation sites excluding steroid dienone is 1. The van der Waals surface area contributed by atoms with Crippen LogP contribution in [-0.2, 0) is 4.79 Å². The number of nitrogens with one attached hydrogen (secondary N) is 1. The van der Waals surface area contributed by atoms with Gasteiger partial charge in [-0.15, -0.1) is 0 Å². The molecule has 0 aromatic heterocycles. The van der Waals surface area contributed by atoms with E-state index < -0.39 is 0 Å². The van der Waals surface area contributed by atoms with Crippen LogP contribution in [-0.4, -0.2) is 30.8 Å². The largest absolute Gasteiger partial charge is 0.345 e. The normalized spacial score (nSPS) is 9.74. The van der Waals surface area contributed by atoms with Crippen molar-refractivity contribution in [1.29, 1.82) is 0 Å². The van der Waals surface area contributed by atoms with Crippen molar-refractivity contribution in [2.45, 2.75) is 13.8 Å². The van der Waals surface area contributed by atoms with Crippen molar-refractivity contribution in [1.82, 2.24) is 4.90 Å². The summed E-state index contributed by atoms with van der Waals surface area (Å²) in [4.78, 5) is 24.9. The van der Waals surface area contributed by atoms with Gasteiger partial charge >= 0.3 is 0 Å². The number of amides is 2. The van der Waals surface area contributed by atoms with E-state index in [9.17, 15) is 9.59 Å². The Morgan fingerprint density at radius 1 is 1.26 bits per heavy atom. The van der Waals surface area contributed by atoms with Gasteiger partial charge in [0.15, 0.2) is 0 Å². The third-order valence-electron chi connectivity index (χ3n) is 2.30. The molecule has 0 aliphatic rings. The van der Waals surface area contributed by atoms with E-state index in [2.05, 4.69) is 5.32 Å². The highest BCUT2D eigenvalue weighted by Crippen LogP contribution is 2.23. The molecule has 2 amide bonds. The second-order valence-electron chi connectivity index (χ2n) is 4.61. The van der Waals surface area contributed by atoms with E-state index >= 15 is 0 Å². The second kappa shape index (κ2) is 6.38. The molecule has 102 valence electrons. The van der Waals surface area contributed by atoms with Crippen molar-refractivity contribution in [2.75, 3.05) is 19.4 Å². The minimum atomic E-state index is -0.267. The number of anilines is 1. The molecule has 1 N–H and O–H groups in total. The van der Waals surface area contributed by atoms with E-state index in [-0.39, 0.29) is 11.8 Å². The third kappa shape index (κ3) is 4.41. The maximum atomic E-state index is 11.8. The van der Waals surface area contributed by atoms with Crippen molar-refractivity contribution in [3.05, 3.63) is 40.4 Å². The van der Waals surface area contributed by atoms with Gasteiger partial charge in [0.05, 0.1) is 10.7 Å². The molecule has 0 radical (unpaired) electrons. The van der Waals surface area contributed by atoms with Crippen LogP contribution in [0.4, 0.5) is 5.69 Å². The Morgan fingerprint density at radius 3 is 2.42 bits per heavy atom. The average Bonchev–Trinajstić information content (AvgIpc) is 2.29. The molecule has 0 saturated heterocycles. The maximum Gasteiger partial charge on any atom is 0.253 e. The summed E-state index contributed by atoms with van der Waals surface area (Å²) in [7, 11) is 3.33. The van der Waals surface area contributed by atoms with E-state index in [0.717, 1.165) is 5.57 Å². The molecule has 1 aromatic carbocycles. The van der Waals surface area contributed by atoms with E-state index in [1.807, 2.05) is 13.8 Å². The SMILES string of the molecule is CC(C)=CC(=O)Nc1cc(C(=O)N(C)C)ccc1Cl. The molecule has 0 aliphatic carbocycles. The minimum absolute atomic E-state index is 0.144. The molecule has 5 heteroatoms. The Kier molecular flexibility index (Phi) is 5.12. The van der Waals surface area contributed by atoms with E-state index in [4.69, 9.17) is 11.6 Å². The predicted octanol–water partition coefficient (Wildman–Crippen LogP) is 2.95. The van der Waals surface area contributed by atoms with Gasteiger partial charge in [0.2, 0.25) is 5.91 Å².